The second kappa shape index (κ2) is 4.32. The van der Waals surface area contributed by atoms with Crippen molar-refractivity contribution in [3.05, 3.63) is 26.7 Å². The molecule has 0 saturated carbocycles. The zero-order valence-electron chi connectivity index (χ0n) is 8.40. The van der Waals surface area contributed by atoms with Gasteiger partial charge in [0.2, 0.25) is 11.7 Å². The highest BCUT2D eigenvalue weighted by molar-refractivity contribution is 8.00. The molecule has 1 unspecified atom stereocenters. The van der Waals surface area contributed by atoms with E-state index in [1.54, 1.807) is 11.8 Å². The highest BCUT2D eigenvalue weighted by atomic mass is 32.2. The lowest BCUT2D eigenvalue weighted by molar-refractivity contribution is 0.358. The average molecular weight is 246 g/mol. The second-order valence-corrected chi connectivity index (χ2v) is 5.05. The Morgan fingerprint density at radius 1 is 1.56 bits per heavy atom. The Morgan fingerprint density at radius 2 is 2.31 bits per heavy atom. The van der Waals surface area contributed by atoms with E-state index in [0.717, 1.165) is 23.2 Å². The Labute approximate surface area is 94.3 Å². The lowest BCUT2D eigenvalue weighted by atomic mass is 10.2. The third-order valence-corrected chi connectivity index (χ3v) is 3.91. The van der Waals surface area contributed by atoms with Gasteiger partial charge >= 0.3 is 5.69 Å². The Balaban J connectivity index is 2.36. The van der Waals surface area contributed by atoms with Crippen molar-refractivity contribution >= 4 is 11.8 Å². The maximum absolute atomic E-state index is 13.1. The fourth-order valence-corrected chi connectivity index (χ4v) is 2.95. The Morgan fingerprint density at radius 3 is 2.94 bits per heavy atom. The third kappa shape index (κ3) is 1.99. The van der Waals surface area contributed by atoms with Crippen LogP contribution in [0.1, 0.15) is 12.8 Å². The van der Waals surface area contributed by atoms with Crippen LogP contribution in [0.15, 0.2) is 9.59 Å². The van der Waals surface area contributed by atoms with Crippen LogP contribution in [0, 0.1) is 5.82 Å². The zero-order valence-corrected chi connectivity index (χ0v) is 9.22. The van der Waals surface area contributed by atoms with E-state index in [2.05, 4.69) is 0 Å². The maximum Gasteiger partial charge on any atom is 0.331 e. The molecule has 1 aromatic rings. The standard InChI is InChI=1S/C9H11FN2O3S/c10-6-7(13)11-9(15)12(8(6)14)4-5-2-1-3-16-5/h5,14H,1-4H2,(H,11,13,15). The van der Waals surface area contributed by atoms with Crippen molar-refractivity contribution in [3.63, 3.8) is 0 Å². The number of nitrogens with zero attached hydrogens (tertiary/aromatic N) is 1. The van der Waals surface area contributed by atoms with Crippen LogP contribution in [0.4, 0.5) is 4.39 Å². The number of aromatic amines is 1. The van der Waals surface area contributed by atoms with E-state index in [9.17, 15) is 19.1 Å². The molecular weight excluding hydrogens is 235 g/mol. The summed E-state index contributed by atoms with van der Waals surface area (Å²) in [5.74, 6) is -1.17. The summed E-state index contributed by atoms with van der Waals surface area (Å²) in [6.07, 6.45) is 1.98. The summed E-state index contributed by atoms with van der Waals surface area (Å²) in [4.78, 5) is 24.0. The highest BCUT2D eigenvalue weighted by Crippen LogP contribution is 2.27. The fraction of sp³-hybridized carbons (Fsp3) is 0.556. The quantitative estimate of drug-likeness (QED) is 0.785. The number of aromatic hydroxyl groups is 1. The normalized spacial score (nSPS) is 20.2. The van der Waals surface area contributed by atoms with Gasteiger partial charge < -0.3 is 5.11 Å². The Bertz CT molecular complexity index is 504. The first-order valence-corrected chi connectivity index (χ1v) is 5.97. The molecule has 5 nitrogen and oxygen atoms in total. The molecule has 1 fully saturated rings. The van der Waals surface area contributed by atoms with Crippen molar-refractivity contribution < 1.29 is 9.50 Å². The largest absolute Gasteiger partial charge is 0.492 e. The molecule has 2 N–H and O–H groups in total. The molecule has 0 aromatic carbocycles. The van der Waals surface area contributed by atoms with Crippen molar-refractivity contribution in [2.45, 2.75) is 24.6 Å². The average Bonchev–Trinajstić information content (AvgIpc) is 2.74. The van der Waals surface area contributed by atoms with Crippen LogP contribution < -0.4 is 11.2 Å². The molecule has 0 aliphatic carbocycles. The van der Waals surface area contributed by atoms with E-state index in [-0.39, 0.29) is 11.8 Å². The van der Waals surface area contributed by atoms with E-state index in [1.807, 2.05) is 4.98 Å². The van der Waals surface area contributed by atoms with Gasteiger partial charge in [-0.1, -0.05) is 0 Å². The number of rotatable bonds is 2. The van der Waals surface area contributed by atoms with Crippen LogP contribution in [0.5, 0.6) is 5.88 Å². The highest BCUT2D eigenvalue weighted by Gasteiger charge is 2.20. The van der Waals surface area contributed by atoms with E-state index < -0.39 is 22.9 Å². The number of thioether (sulfide) groups is 1. The number of hydrogen-bond acceptors (Lipinski definition) is 4. The first-order valence-electron chi connectivity index (χ1n) is 4.93. The van der Waals surface area contributed by atoms with Gasteiger partial charge in [-0.15, -0.1) is 0 Å². The minimum atomic E-state index is -1.30. The van der Waals surface area contributed by atoms with Gasteiger partial charge in [0.25, 0.3) is 5.56 Å². The summed E-state index contributed by atoms with van der Waals surface area (Å²) < 4.78 is 14.0. The van der Waals surface area contributed by atoms with Gasteiger partial charge in [-0.25, -0.2) is 4.79 Å². The van der Waals surface area contributed by atoms with Crippen LogP contribution in [-0.4, -0.2) is 25.7 Å². The van der Waals surface area contributed by atoms with Crippen molar-refractivity contribution in [1.29, 1.82) is 0 Å². The Hall–Kier alpha value is -1.24. The first kappa shape index (κ1) is 11.3. The van der Waals surface area contributed by atoms with Crippen molar-refractivity contribution in [1.82, 2.24) is 9.55 Å². The molecule has 7 heteroatoms. The van der Waals surface area contributed by atoms with E-state index in [1.165, 1.54) is 0 Å². The van der Waals surface area contributed by atoms with Gasteiger partial charge in [0, 0.05) is 11.8 Å². The molecule has 2 heterocycles. The van der Waals surface area contributed by atoms with Gasteiger partial charge in [-0.05, 0) is 18.6 Å². The summed E-state index contributed by atoms with van der Waals surface area (Å²) in [6.45, 7) is 0.225. The minimum absolute atomic E-state index is 0.189. The molecule has 0 spiro atoms. The number of nitrogens with one attached hydrogen (secondary N) is 1. The Kier molecular flexibility index (Phi) is 3.04. The summed E-state index contributed by atoms with van der Waals surface area (Å²) in [5.41, 5.74) is -1.95. The second-order valence-electron chi connectivity index (χ2n) is 3.64. The molecule has 1 aliphatic heterocycles. The van der Waals surface area contributed by atoms with E-state index in [0.29, 0.717) is 0 Å². The summed E-state index contributed by atoms with van der Waals surface area (Å²) in [7, 11) is 0. The van der Waals surface area contributed by atoms with Crippen LogP contribution in [0.3, 0.4) is 0 Å². The molecule has 1 saturated heterocycles. The SMILES string of the molecule is O=c1[nH]c(=O)n(CC2CCCS2)c(O)c1F. The minimum Gasteiger partial charge on any atom is -0.492 e. The van der Waals surface area contributed by atoms with Gasteiger partial charge in [-0.3, -0.25) is 14.3 Å². The molecule has 88 valence electrons. The topological polar surface area (TPSA) is 75.1 Å². The summed E-state index contributed by atoms with van der Waals surface area (Å²) >= 11 is 1.68. The number of aromatic nitrogens is 2. The molecule has 1 aliphatic rings. The predicted molar refractivity (Wildman–Crippen MR) is 58.4 cm³/mol. The van der Waals surface area contributed by atoms with E-state index >= 15 is 0 Å². The first-order chi connectivity index (χ1) is 7.59. The number of H-pyrrole nitrogens is 1. The smallest absolute Gasteiger partial charge is 0.331 e. The van der Waals surface area contributed by atoms with Gasteiger partial charge in [0.05, 0.1) is 0 Å². The van der Waals surface area contributed by atoms with E-state index in [4.69, 9.17) is 0 Å². The van der Waals surface area contributed by atoms with Crippen molar-refractivity contribution in [2.75, 3.05) is 5.75 Å². The molecule has 1 aromatic heterocycles. The fourth-order valence-electron chi connectivity index (χ4n) is 1.70. The molecule has 0 radical (unpaired) electrons. The number of hydrogen-bond donors (Lipinski definition) is 2. The predicted octanol–water partition coefficient (Wildman–Crippen LogP) is 0.277. The molecule has 16 heavy (non-hydrogen) atoms. The lowest BCUT2D eigenvalue weighted by Crippen LogP contribution is -2.33. The molecule has 0 amide bonds. The van der Waals surface area contributed by atoms with Crippen molar-refractivity contribution in [2.24, 2.45) is 0 Å². The molecule has 0 bridgehead atoms. The summed E-state index contributed by atoms with van der Waals surface area (Å²) in [6, 6.07) is 0. The van der Waals surface area contributed by atoms with Crippen LogP contribution >= 0.6 is 11.8 Å². The van der Waals surface area contributed by atoms with Crippen LogP contribution in [0.25, 0.3) is 0 Å². The monoisotopic (exact) mass is 246 g/mol. The summed E-state index contributed by atoms with van der Waals surface area (Å²) in [5, 5.41) is 9.57. The molecule has 2 rings (SSSR count). The van der Waals surface area contributed by atoms with Gasteiger partial charge in [-0.2, -0.15) is 16.2 Å². The molecular formula is C9H11FN2O3S. The van der Waals surface area contributed by atoms with Crippen LogP contribution in [0.2, 0.25) is 0 Å². The van der Waals surface area contributed by atoms with Crippen LogP contribution in [-0.2, 0) is 6.54 Å². The van der Waals surface area contributed by atoms with Gasteiger partial charge in [0.15, 0.2) is 0 Å². The van der Waals surface area contributed by atoms with Gasteiger partial charge in [0.1, 0.15) is 0 Å². The maximum atomic E-state index is 13.1. The lowest BCUT2D eigenvalue weighted by Gasteiger charge is -2.12. The van der Waals surface area contributed by atoms with Crippen molar-refractivity contribution in [3.8, 4) is 5.88 Å². The number of halogens is 1. The third-order valence-electron chi connectivity index (χ3n) is 2.53. The zero-order chi connectivity index (χ0) is 11.7. The molecule has 1 atom stereocenters.